The first-order chi connectivity index (χ1) is 12.4. The summed E-state index contributed by atoms with van der Waals surface area (Å²) in [7, 11) is -1.68. The number of nitrogens with zero attached hydrogens (tertiary/aromatic N) is 2. The number of sulfonamides is 1. The van der Waals surface area contributed by atoms with E-state index in [-0.39, 0.29) is 17.5 Å². The summed E-state index contributed by atoms with van der Waals surface area (Å²) in [6, 6.07) is 5.84. The lowest BCUT2D eigenvalue weighted by molar-refractivity contribution is 0.113. The summed E-state index contributed by atoms with van der Waals surface area (Å²) in [4.78, 5) is 4.57. The molecular formula is C18H24FN3O2S2. The van der Waals surface area contributed by atoms with E-state index in [0.717, 1.165) is 37.8 Å². The highest BCUT2D eigenvalue weighted by atomic mass is 32.2. The summed E-state index contributed by atoms with van der Waals surface area (Å²) in [5.41, 5.74) is 1.64. The van der Waals surface area contributed by atoms with E-state index in [0.29, 0.717) is 5.56 Å². The number of halogens is 1. The van der Waals surface area contributed by atoms with Gasteiger partial charge in [-0.15, -0.1) is 0 Å². The number of hydrogen-bond donors (Lipinski definition) is 1. The van der Waals surface area contributed by atoms with Crippen LogP contribution in [0.1, 0.15) is 17.2 Å². The quantitative estimate of drug-likeness (QED) is 0.814. The number of rotatable bonds is 6. The zero-order chi connectivity index (χ0) is 18.7. The van der Waals surface area contributed by atoms with Crippen molar-refractivity contribution in [3.05, 3.63) is 52.0 Å². The maximum Gasteiger partial charge on any atom is 0.240 e. The minimum absolute atomic E-state index is 0.0000499. The molecule has 142 valence electrons. The average molecular weight is 398 g/mol. The van der Waals surface area contributed by atoms with Crippen LogP contribution in [-0.4, -0.2) is 58.0 Å². The third kappa shape index (κ3) is 4.50. The van der Waals surface area contributed by atoms with Crippen molar-refractivity contribution >= 4 is 21.4 Å². The van der Waals surface area contributed by atoms with Gasteiger partial charge >= 0.3 is 0 Å². The third-order valence-electron chi connectivity index (χ3n) is 4.81. The topological polar surface area (TPSA) is 52.7 Å². The highest BCUT2D eigenvalue weighted by Gasteiger charge is 2.26. The maximum atomic E-state index is 13.5. The molecule has 1 saturated heterocycles. The largest absolute Gasteiger partial charge is 0.304 e. The van der Waals surface area contributed by atoms with Crippen LogP contribution in [0.3, 0.4) is 0 Å². The Labute approximate surface area is 158 Å². The predicted molar refractivity (Wildman–Crippen MR) is 102 cm³/mol. The molecule has 0 spiro atoms. The van der Waals surface area contributed by atoms with Crippen LogP contribution >= 0.6 is 11.3 Å². The molecule has 1 aromatic carbocycles. The van der Waals surface area contributed by atoms with Gasteiger partial charge in [-0.25, -0.2) is 17.5 Å². The van der Waals surface area contributed by atoms with Crippen LogP contribution in [0.2, 0.25) is 0 Å². The fourth-order valence-electron chi connectivity index (χ4n) is 3.19. The Morgan fingerprint density at radius 1 is 1.23 bits per heavy atom. The van der Waals surface area contributed by atoms with Gasteiger partial charge in [-0.05, 0) is 54.1 Å². The molecule has 3 rings (SSSR count). The molecule has 1 fully saturated rings. The van der Waals surface area contributed by atoms with Gasteiger partial charge in [-0.1, -0.05) is 6.07 Å². The number of aryl methyl sites for hydroxylation is 1. The van der Waals surface area contributed by atoms with E-state index in [4.69, 9.17) is 0 Å². The summed E-state index contributed by atoms with van der Waals surface area (Å²) in [6.07, 6.45) is 0. The molecule has 8 heteroatoms. The zero-order valence-electron chi connectivity index (χ0n) is 15.0. The molecule has 0 aliphatic carbocycles. The van der Waals surface area contributed by atoms with Crippen LogP contribution < -0.4 is 4.72 Å². The lowest BCUT2D eigenvalue weighted by Crippen LogP contribution is -2.48. The molecular weight excluding hydrogens is 373 g/mol. The summed E-state index contributed by atoms with van der Waals surface area (Å²) in [6.45, 7) is 5.62. The van der Waals surface area contributed by atoms with Crippen LogP contribution in [0.25, 0.3) is 0 Å². The Kier molecular flexibility index (Phi) is 6.09. The Hall–Kier alpha value is -1.32. The van der Waals surface area contributed by atoms with E-state index in [9.17, 15) is 12.8 Å². The van der Waals surface area contributed by atoms with Gasteiger partial charge in [0.2, 0.25) is 10.0 Å². The average Bonchev–Trinajstić information content (AvgIpc) is 3.13. The number of hydrogen-bond acceptors (Lipinski definition) is 5. The summed E-state index contributed by atoms with van der Waals surface area (Å²) < 4.78 is 41.6. The summed E-state index contributed by atoms with van der Waals surface area (Å²) in [5.74, 6) is -0.551. The van der Waals surface area contributed by atoms with Crippen LogP contribution in [0.5, 0.6) is 0 Å². The molecule has 0 saturated carbocycles. The molecule has 1 aromatic heterocycles. The van der Waals surface area contributed by atoms with Crippen molar-refractivity contribution in [2.45, 2.75) is 17.9 Å². The van der Waals surface area contributed by atoms with Gasteiger partial charge in [0.1, 0.15) is 5.82 Å². The normalized spacial score (nSPS) is 18.1. The number of thiophene rings is 1. The van der Waals surface area contributed by atoms with Crippen LogP contribution in [0.15, 0.2) is 39.9 Å². The van der Waals surface area contributed by atoms with Crippen molar-refractivity contribution in [3.63, 3.8) is 0 Å². The number of piperazine rings is 1. The Bertz CT molecular complexity index is 832. The molecule has 1 aliphatic rings. The maximum absolute atomic E-state index is 13.5. The zero-order valence-corrected chi connectivity index (χ0v) is 16.6. The molecule has 0 radical (unpaired) electrons. The molecule has 0 amide bonds. The van der Waals surface area contributed by atoms with E-state index in [1.165, 1.54) is 12.1 Å². The second-order valence-corrected chi connectivity index (χ2v) is 9.19. The van der Waals surface area contributed by atoms with Gasteiger partial charge in [0, 0.05) is 38.8 Å². The molecule has 1 aliphatic heterocycles. The predicted octanol–water partition coefficient (Wildman–Crippen LogP) is 2.46. The monoisotopic (exact) mass is 397 g/mol. The van der Waals surface area contributed by atoms with Crippen molar-refractivity contribution in [1.29, 1.82) is 0 Å². The minimum atomic E-state index is -3.77. The SMILES string of the molecule is Cc1ccc(F)cc1S(=O)(=O)NCC(c1ccsc1)N1CCN(C)CC1. The third-order valence-corrected chi connectivity index (χ3v) is 7.08. The minimum Gasteiger partial charge on any atom is -0.304 e. The first-order valence-electron chi connectivity index (χ1n) is 8.57. The molecule has 5 nitrogen and oxygen atoms in total. The van der Waals surface area contributed by atoms with E-state index < -0.39 is 15.8 Å². The first kappa shape index (κ1) is 19.4. The standard InChI is InChI=1S/C18H24FN3O2S2/c1-14-3-4-16(19)11-18(14)26(23,24)20-12-17(15-5-10-25-13-15)22-8-6-21(2)7-9-22/h3-5,10-11,13,17,20H,6-9,12H2,1-2H3. The van der Waals surface area contributed by atoms with Crippen molar-refractivity contribution in [1.82, 2.24) is 14.5 Å². The molecule has 0 bridgehead atoms. The molecule has 2 heterocycles. The number of benzene rings is 1. The summed E-state index contributed by atoms with van der Waals surface area (Å²) in [5, 5.41) is 4.06. The second kappa shape index (κ2) is 8.14. The van der Waals surface area contributed by atoms with Crippen molar-refractivity contribution in [2.75, 3.05) is 39.8 Å². The highest BCUT2D eigenvalue weighted by molar-refractivity contribution is 7.89. The van der Waals surface area contributed by atoms with E-state index in [2.05, 4.69) is 26.9 Å². The van der Waals surface area contributed by atoms with E-state index in [1.807, 2.05) is 11.4 Å². The molecule has 1 N–H and O–H groups in total. The van der Waals surface area contributed by atoms with E-state index >= 15 is 0 Å². The van der Waals surface area contributed by atoms with Crippen molar-refractivity contribution < 1.29 is 12.8 Å². The van der Waals surface area contributed by atoms with Gasteiger partial charge in [0.25, 0.3) is 0 Å². The number of nitrogens with one attached hydrogen (secondary N) is 1. The van der Waals surface area contributed by atoms with Crippen molar-refractivity contribution in [2.24, 2.45) is 0 Å². The van der Waals surface area contributed by atoms with Gasteiger partial charge in [0.15, 0.2) is 0 Å². The van der Waals surface area contributed by atoms with Gasteiger partial charge in [-0.2, -0.15) is 11.3 Å². The Morgan fingerprint density at radius 3 is 2.62 bits per heavy atom. The molecule has 1 atom stereocenters. The van der Waals surface area contributed by atoms with Gasteiger partial charge in [-0.3, -0.25) is 4.90 Å². The fraction of sp³-hybridized carbons (Fsp3) is 0.444. The number of likely N-dealkylation sites (N-methyl/N-ethyl adjacent to an activating group) is 1. The first-order valence-corrected chi connectivity index (χ1v) is 11.0. The van der Waals surface area contributed by atoms with E-state index in [1.54, 1.807) is 18.3 Å². The smallest absolute Gasteiger partial charge is 0.240 e. The Morgan fingerprint density at radius 2 is 1.96 bits per heavy atom. The summed E-state index contributed by atoms with van der Waals surface area (Å²) >= 11 is 1.60. The fourth-order valence-corrected chi connectivity index (χ4v) is 5.19. The Balaban J connectivity index is 1.78. The molecule has 2 aromatic rings. The second-order valence-electron chi connectivity index (χ2n) is 6.67. The van der Waals surface area contributed by atoms with Crippen LogP contribution in [0, 0.1) is 12.7 Å². The molecule has 26 heavy (non-hydrogen) atoms. The van der Waals surface area contributed by atoms with Gasteiger partial charge in [0.05, 0.1) is 4.90 Å². The lowest BCUT2D eigenvalue weighted by atomic mass is 10.1. The van der Waals surface area contributed by atoms with Gasteiger partial charge < -0.3 is 4.90 Å². The molecule has 1 unspecified atom stereocenters. The highest BCUT2D eigenvalue weighted by Crippen LogP contribution is 2.25. The van der Waals surface area contributed by atoms with Crippen LogP contribution in [0.4, 0.5) is 4.39 Å². The lowest BCUT2D eigenvalue weighted by Gasteiger charge is -2.38. The van der Waals surface area contributed by atoms with Crippen molar-refractivity contribution in [3.8, 4) is 0 Å². The van der Waals surface area contributed by atoms with Crippen LogP contribution in [-0.2, 0) is 10.0 Å².